The van der Waals surface area contributed by atoms with Crippen LogP contribution in [0.5, 0.6) is 0 Å². The number of carbonyl (C=O) groups is 6. The Morgan fingerprint density at radius 1 is 0.309 bits per heavy atom. The number of aliphatic hydroxyl groups is 3. The van der Waals surface area contributed by atoms with Crippen molar-refractivity contribution in [3.8, 4) is 0 Å². The quantitative estimate of drug-likeness (QED) is 0.0166. The molecular formula is C54H103N3O24. The average molecular weight is 1180 g/mol. The highest BCUT2D eigenvalue weighted by Crippen LogP contribution is 2.00. The highest BCUT2D eigenvalue weighted by Gasteiger charge is 2.14. The van der Waals surface area contributed by atoms with E-state index in [-0.39, 0.29) is 221 Å². The molecule has 0 spiro atoms. The van der Waals surface area contributed by atoms with Gasteiger partial charge in [-0.3, -0.25) is 14.4 Å². The van der Waals surface area contributed by atoms with Gasteiger partial charge in [0.25, 0.3) is 0 Å². The van der Waals surface area contributed by atoms with Crippen LogP contribution in [0.2, 0.25) is 0 Å². The Morgan fingerprint density at radius 3 is 0.753 bits per heavy atom. The molecule has 478 valence electrons. The molecule has 0 aromatic rings. The molecule has 0 aromatic carbocycles. The summed E-state index contributed by atoms with van der Waals surface area (Å²) < 4.78 is 79.3. The maximum atomic E-state index is 11.0. The summed E-state index contributed by atoms with van der Waals surface area (Å²) in [5.74, 6) is -2.90. The van der Waals surface area contributed by atoms with Crippen LogP contribution >= 0.6 is 0 Å². The molecule has 81 heavy (non-hydrogen) atoms. The number of hydrogen-bond donors (Lipinski definition) is 6. The molecular weight excluding hydrogens is 1070 g/mol. The topological polar surface area (TPSA) is 338 Å². The predicted octanol–water partition coefficient (Wildman–Crippen LogP) is 1.78. The van der Waals surface area contributed by atoms with Gasteiger partial charge in [-0.05, 0) is 18.2 Å². The van der Waals surface area contributed by atoms with E-state index in [9.17, 15) is 44.1 Å². The van der Waals surface area contributed by atoms with E-state index in [4.69, 9.17) is 71.1 Å². The number of aliphatic hydroxyl groups excluding tert-OH is 3. The smallest absolute Gasteiger partial charge is 0.330 e. The lowest BCUT2D eigenvalue weighted by molar-refractivity contribution is -0.143. The van der Waals surface area contributed by atoms with Gasteiger partial charge in [0.2, 0.25) is 17.7 Å². The number of ether oxygens (including phenoxy) is 15. The third-order valence-electron chi connectivity index (χ3n) is 8.15. The minimum Gasteiger partial charge on any atom is -0.460 e. The third kappa shape index (κ3) is 67.1. The van der Waals surface area contributed by atoms with E-state index in [2.05, 4.69) is 55.4 Å². The van der Waals surface area contributed by atoms with Gasteiger partial charge in [-0.2, -0.15) is 0 Å². The van der Waals surface area contributed by atoms with Crippen LogP contribution in [0, 0.1) is 0 Å². The van der Waals surface area contributed by atoms with Gasteiger partial charge in [0, 0.05) is 18.2 Å². The van der Waals surface area contributed by atoms with Crippen LogP contribution < -0.4 is 16.0 Å². The van der Waals surface area contributed by atoms with Gasteiger partial charge in [-0.25, -0.2) is 14.4 Å². The van der Waals surface area contributed by atoms with Gasteiger partial charge in [0.15, 0.2) is 0 Å². The van der Waals surface area contributed by atoms with Gasteiger partial charge in [0.05, 0.1) is 126 Å². The molecule has 3 amide bonds. The fourth-order valence-corrected chi connectivity index (χ4v) is 4.48. The first-order valence-corrected chi connectivity index (χ1v) is 23.4. The zero-order chi connectivity index (χ0) is 56.0. The summed E-state index contributed by atoms with van der Waals surface area (Å²) in [6.07, 6.45) is 2.58. The third-order valence-corrected chi connectivity index (χ3v) is 8.15. The molecule has 0 radical (unpaired) electrons. The summed E-state index contributed by atoms with van der Waals surface area (Å²) >= 11 is 0. The van der Waals surface area contributed by atoms with Crippen LogP contribution in [0.4, 0.5) is 0 Å². The Bertz CT molecular complexity index is 1500. The van der Waals surface area contributed by atoms with E-state index in [0.29, 0.717) is 13.2 Å². The summed E-state index contributed by atoms with van der Waals surface area (Å²) in [4.78, 5) is 66.0. The van der Waals surface area contributed by atoms with Gasteiger partial charge >= 0.3 is 17.9 Å². The molecule has 0 heterocycles. The van der Waals surface area contributed by atoms with Crippen LogP contribution in [0.15, 0.2) is 75.9 Å². The van der Waals surface area contributed by atoms with Crippen molar-refractivity contribution in [3.63, 3.8) is 0 Å². The van der Waals surface area contributed by atoms with E-state index >= 15 is 0 Å². The molecule has 27 heteroatoms. The van der Waals surface area contributed by atoms with Crippen molar-refractivity contribution in [2.45, 2.75) is 75.1 Å². The fourth-order valence-electron chi connectivity index (χ4n) is 4.48. The first-order valence-electron chi connectivity index (χ1n) is 23.4. The first kappa shape index (κ1) is 92.1. The van der Waals surface area contributed by atoms with Crippen molar-refractivity contribution in [2.75, 3.05) is 166 Å². The maximum absolute atomic E-state index is 11.0. The zero-order valence-electron chi connectivity index (χ0n) is 42.7. The SMILES string of the molecule is C.C.C.C.C.C.C=CC(=O)NCOCCOCC(COCCOCNC(=O)C=C)OCCOCNC(=O)C=C.C=CC(=O)OCC(O)COCCOCC(COCCOCC(O)COC(=O)C=C)OCCOCC(O)COC(=O)C=C. The molecule has 6 N–H and O–H groups in total. The van der Waals surface area contributed by atoms with E-state index in [1.54, 1.807) is 0 Å². The molecule has 0 saturated carbocycles. The predicted molar refractivity (Wildman–Crippen MR) is 305 cm³/mol. The van der Waals surface area contributed by atoms with E-state index in [1.165, 1.54) is 0 Å². The average Bonchev–Trinajstić information content (AvgIpc) is 3.42. The highest BCUT2D eigenvalue weighted by molar-refractivity contribution is 5.87. The van der Waals surface area contributed by atoms with Crippen molar-refractivity contribution in [1.29, 1.82) is 0 Å². The molecule has 0 rings (SSSR count). The van der Waals surface area contributed by atoms with Crippen molar-refractivity contribution < 1.29 is 115 Å². The highest BCUT2D eigenvalue weighted by atomic mass is 16.6. The summed E-state index contributed by atoms with van der Waals surface area (Å²) in [6, 6.07) is 0. The normalized spacial score (nSPS) is 11.4. The van der Waals surface area contributed by atoms with Gasteiger partial charge in [0.1, 0.15) is 70.5 Å². The fraction of sp³-hybridized carbons (Fsp3) is 0.667. The molecule has 0 aliphatic rings. The molecule has 0 saturated heterocycles. The Balaban J connectivity index is -0.000000209. The molecule has 0 bridgehead atoms. The molecule has 0 aromatic heterocycles. The summed E-state index contributed by atoms with van der Waals surface area (Å²) in [7, 11) is 0. The van der Waals surface area contributed by atoms with Gasteiger partial charge < -0.3 is 102 Å². The zero-order valence-corrected chi connectivity index (χ0v) is 42.7. The first-order chi connectivity index (χ1) is 36.2. The Kier molecular flexibility index (Phi) is 78.4. The molecule has 0 aliphatic heterocycles. The van der Waals surface area contributed by atoms with Crippen molar-refractivity contribution >= 4 is 35.6 Å². The molecule has 0 fully saturated rings. The van der Waals surface area contributed by atoms with Crippen LogP contribution in [0.25, 0.3) is 0 Å². The monoisotopic (exact) mass is 1180 g/mol. The van der Waals surface area contributed by atoms with Gasteiger partial charge in [-0.15, -0.1) is 0 Å². The number of rotatable bonds is 52. The molecule has 27 nitrogen and oxygen atoms in total. The maximum Gasteiger partial charge on any atom is 0.330 e. The van der Waals surface area contributed by atoms with Crippen LogP contribution in [-0.4, -0.2) is 247 Å². The van der Waals surface area contributed by atoms with Crippen LogP contribution in [0.3, 0.4) is 0 Å². The van der Waals surface area contributed by atoms with Crippen LogP contribution in [-0.2, 0) is 99.8 Å². The van der Waals surface area contributed by atoms with E-state index in [0.717, 1.165) is 36.5 Å². The number of esters is 3. The second kappa shape index (κ2) is 68.9. The number of amides is 3. The standard InChI is InChI=1S/C27H44O15.C21H35N3O9.6CH4/c1-4-25(31)40-16-21(28)13-34-7-9-37-19-24(39-12-11-36-15-23(30)18-42-27(33)6-3)20-38-10-8-35-14-22(29)17-41-26(32)5-2;1-4-19(25)22-15-30-9-7-28-13-18(33-12-11-32-17-24-21(27)6-3)14-29-8-10-31-16-23-20(26)5-2;;;;;;/h4-6,21-24,28-30H,1-3,7-20H2;4-6,18H,1-3,7-17H2,(H,22,25)(H,23,26)(H,24,27);6*1H4. The number of hydrogen-bond acceptors (Lipinski definition) is 24. The Morgan fingerprint density at radius 2 is 0.519 bits per heavy atom. The molecule has 3 atom stereocenters. The molecule has 3 unspecified atom stereocenters. The second-order valence-corrected chi connectivity index (χ2v) is 14.4. The van der Waals surface area contributed by atoms with Crippen molar-refractivity contribution in [2.24, 2.45) is 0 Å². The van der Waals surface area contributed by atoms with Crippen molar-refractivity contribution in [3.05, 3.63) is 75.9 Å². The van der Waals surface area contributed by atoms with Crippen molar-refractivity contribution in [1.82, 2.24) is 16.0 Å². The van der Waals surface area contributed by atoms with Gasteiger partial charge in [-0.1, -0.05) is 84.0 Å². The lowest BCUT2D eigenvalue weighted by Gasteiger charge is -2.19. The Labute approximate surface area is 482 Å². The lowest BCUT2D eigenvalue weighted by atomic mass is 10.4. The summed E-state index contributed by atoms with van der Waals surface area (Å²) in [5.41, 5.74) is 0. The largest absolute Gasteiger partial charge is 0.460 e. The Hall–Kier alpha value is -5.34. The minimum atomic E-state index is -1.00. The summed E-state index contributed by atoms with van der Waals surface area (Å²) in [6.45, 7) is 22.5. The summed E-state index contributed by atoms with van der Waals surface area (Å²) in [5, 5.41) is 36.6. The molecule has 0 aliphatic carbocycles. The van der Waals surface area contributed by atoms with E-state index < -0.39 is 42.3 Å². The van der Waals surface area contributed by atoms with Crippen LogP contribution in [0.1, 0.15) is 44.6 Å². The number of nitrogens with one attached hydrogen (secondary N) is 3. The number of carbonyl (C=O) groups excluding carboxylic acids is 6. The minimum absolute atomic E-state index is 0. The second-order valence-electron chi connectivity index (χ2n) is 14.4. The van der Waals surface area contributed by atoms with E-state index in [1.807, 2.05) is 0 Å². The lowest BCUT2D eigenvalue weighted by Crippen LogP contribution is -2.30.